The van der Waals surface area contributed by atoms with Crippen LogP contribution in [0.3, 0.4) is 0 Å². The number of carbonyl (C=O) groups is 3. The first-order chi connectivity index (χ1) is 14.4. The maximum Gasteiger partial charge on any atom is 0.335 e. The Morgan fingerprint density at radius 1 is 1.03 bits per heavy atom. The molecule has 2 aromatic carbocycles. The summed E-state index contributed by atoms with van der Waals surface area (Å²) in [6.07, 6.45) is 1.59. The molecule has 156 valence electrons. The number of carboxylic acid groups (broad SMARTS) is 1. The summed E-state index contributed by atoms with van der Waals surface area (Å²) in [5.74, 6) is -0.182. The normalized spacial score (nSPS) is 14.9. The molecule has 2 amide bonds. The van der Waals surface area contributed by atoms with Crippen LogP contribution in [0, 0.1) is 0 Å². The van der Waals surface area contributed by atoms with Gasteiger partial charge in [0, 0.05) is 0 Å². The number of hydrogen-bond donors (Lipinski definition) is 1. The van der Waals surface area contributed by atoms with Crippen LogP contribution < -0.4 is 14.2 Å². The summed E-state index contributed by atoms with van der Waals surface area (Å²) in [5.41, 5.74) is 1.40. The van der Waals surface area contributed by atoms with Gasteiger partial charge in [0.25, 0.3) is 11.1 Å². The van der Waals surface area contributed by atoms with Crippen molar-refractivity contribution in [3.8, 4) is 17.2 Å². The Kier molecular flexibility index (Phi) is 6.31. The highest BCUT2D eigenvalue weighted by atomic mass is 32.2. The Bertz CT molecular complexity index is 1010. The molecule has 0 radical (unpaired) electrons. The van der Waals surface area contributed by atoms with Crippen LogP contribution in [-0.4, -0.2) is 48.5 Å². The van der Waals surface area contributed by atoms with Crippen molar-refractivity contribution in [1.82, 2.24) is 4.90 Å². The summed E-state index contributed by atoms with van der Waals surface area (Å²) in [6.45, 7) is 0.0527. The van der Waals surface area contributed by atoms with Crippen LogP contribution in [0.15, 0.2) is 41.3 Å². The fraction of sp³-hybridized carbons (Fsp3) is 0.190. The molecule has 1 aliphatic rings. The lowest BCUT2D eigenvalue weighted by molar-refractivity contribution is -0.123. The minimum atomic E-state index is -1.04. The number of ether oxygens (including phenoxy) is 3. The van der Waals surface area contributed by atoms with Crippen molar-refractivity contribution in [2.24, 2.45) is 0 Å². The molecule has 0 aliphatic carbocycles. The molecular weight excluding hydrogens is 410 g/mol. The third-order valence-corrected chi connectivity index (χ3v) is 5.31. The zero-order chi connectivity index (χ0) is 21.8. The number of aromatic carboxylic acids is 1. The molecule has 30 heavy (non-hydrogen) atoms. The first-order valence-electron chi connectivity index (χ1n) is 8.75. The zero-order valence-electron chi connectivity index (χ0n) is 16.5. The molecule has 0 aromatic heterocycles. The number of imide groups is 1. The highest BCUT2D eigenvalue weighted by Crippen LogP contribution is 2.40. The lowest BCUT2D eigenvalue weighted by Crippen LogP contribution is -2.27. The monoisotopic (exact) mass is 429 g/mol. The molecule has 3 rings (SSSR count). The van der Waals surface area contributed by atoms with Gasteiger partial charge in [0.1, 0.15) is 0 Å². The van der Waals surface area contributed by atoms with Gasteiger partial charge in [-0.2, -0.15) is 0 Å². The van der Waals surface area contributed by atoms with E-state index < -0.39 is 17.1 Å². The molecule has 9 heteroatoms. The number of carbonyl (C=O) groups excluding carboxylic acids is 2. The third-order valence-electron chi connectivity index (χ3n) is 4.40. The lowest BCUT2D eigenvalue weighted by Gasteiger charge is -2.13. The van der Waals surface area contributed by atoms with Crippen molar-refractivity contribution in [2.75, 3.05) is 21.3 Å². The number of rotatable bonds is 7. The minimum Gasteiger partial charge on any atom is -0.493 e. The first kappa shape index (κ1) is 21.3. The number of carboxylic acids is 1. The van der Waals surface area contributed by atoms with Crippen molar-refractivity contribution in [1.29, 1.82) is 0 Å². The molecule has 0 spiro atoms. The molecule has 1 fully saturated rings. The number of benzene rings is 2. The van der Waals surface area contributed by atoms with Gasteiger partial charge in [0.05, 0.1) is 38.3 Å². The van der Waals surface area contributed by atoms with Crippen LogP contribution in [0.25, 0.3) is 6.08 Å². The van der Waals surface area contributed by atoms with Crippen molar-refractivity contribution < 1.29 is 33.7 Å². The molecule has 1 saturated heterocycles. The van der Waals surface area contributed by atoms with E-state index in [0.29, 0.717) is 28.4 Å². The maximum atomic E-state index is 12.8. The van der Waals surface area contributed by atoms with Gasteiger partial charge in [0.15, 0.2) is 11.5 Å². The first-order valence-corrected chi connectivity index (χ1v) is 9.57. The molecule has 1 aliphatic heterocycles. The van der Waals surface area contributed by atoms with Gasteiger partial charge in [-0.25, -0.2) is 4.79 Å². The fourth-order valence-corrected chi connectivity index (χ4v) is 3.75. The second kappa shape index (κ2) is 8.91. The quantitative estimate of drug-likeness (QED) is 0.666. The summed E-state index contributed by atoms with van der Waals surface area (Å²) in [7, 11) is 4.48. The SMILES string of the molecule is COc1cc(/C=C2\SC(=O)N(Cc3ccc(C(=O)O)cc3)C2=O)cc(OC)c1OC. The summed E-state index contributed by atoms with van der Waals surface area (Å²) < 4.78 is 15.9. The van der Waals surface area contributed by atoms with Crippen LogP contribution >= 0.6 is 11.8 Å². The number of nitrogens with zero attached hydrogens (tertiary/aromatic N) is 1. The van der Waals surface area contributed by atoms with Gasteiger partial charge >= 0.3 is 5.97 Å². The average Bonchev–Trinajstić information content (AvgIpc) is 3.00. The van der Waals surface area contributed by atoms with E-state index in [-0.39, 0.29) is 17.0 Å². The number of methoxy groups -OCH3 is 3. The molecule has 0 atom stereocenters. The fourth-order valence-electron chi connectivity index (χ4n) is 2.91. The summed E-state index contributed by atoms with van der Waals surface area (Å²) >= 11 is 0.832. The van der Waals surface area contributed by atoms with Crippen molar-refractivity contribution in [3.05, 3.63) is 58.0 Å². The van der Waals surface area contributed by atoms with E-state index in [4.69, 9.17) is 19.3 Å². The Morgan fingerprint density at radius 3 is 2.13 bits per heavy atom. The Hall–Kier alpha value is -3.46. The second-order valence-corrected chi connectivity index (χ2v) is 7.22. The smallest absolute Gasteiger partial charge is 0.335 e. The van der Waals surface area contributed by atoms with Crippen LogP contribution in [0.1, 0.15) is 21.5 Å². The Morgan fingerprint density at radius 2 is 1.63 bits per heavy atom. The van der Waals surface area contributed by atoms with E-state index in [1.54, 1.807) is 30.3 Å². The number of thioether (sulfide) groups is 1. The molecule has 0 unspecified atom stereocenters. The van der Waals surface area contributed by atoms with E-state index in [1.807, 2.05) is 0 Å². The molecule has 0 saturated carbocycles. The van der Waals surface area contributed by atoms with Gasteiger partial charge in [-0.15, -0.1) is 0 Å². The van der Waals surface area contributed by atoms with Crippen molar-refractivity contribution in [2.45, 2.75) is 6.54 Å². The highest BCUT2D eigenvalue weighted by molar-refractivity contribution is 8.18. The van der Waals surface area contributed by atoms with E-state index in [0.717, 1.165) is 16.7 Å². The lowest BCUT2D eigenvalue weighted by atomic mass is 10.1. The topological polar surface area (TPSA) is 102 Å². The number of hydrogen-bond acceptors (Lipinski definition) is 7. The second-order valence-electron chi connectivity index (χ2n) is 6.23. The summed E-state index contributed by atoms with van der Waals surface area (Å²) in [5, 5.41) is 8.57. The van der Waals surface area contributed by atoms with E-state index in [9.17, 15) is 14.4 Å². The van der Waals surface area contributed by atoms with Crippen LogP contribution in [0.2, 0.25) is 0 Å². The predicted molar refractivity (Wildman–Crippen MR) is 111 cm³/mol. The molecule has 8 nitrogen and oxygen atoms in total. The molecule has 1 N–H and O–H groups in total. The molecule has 1 heterocycles. The van der Waals surface area contributed by atoms with Crippen molar-refractivity contribution >= 4 is 35.0 Å². The zero-order valence-corrected chi connectivity index (χ0v) is 17.3. The van der Waals surface area contributed by atoms with Gasteiger partial charge < -0.3 is 19.3 Å². The largest absolute Gasteiger partial charge is 0.493 e. The van der Waals surface area contributed by atoms with E-state index in [2.05, 4.69) is 0 Å². The maximum absolute atomic E-state index is 12.8. The molecule has 2 aromatic rings. The predicted octanol–water partition coefficient (Wildman–Crippen LogP) is 3.65. The van der Waals surface area contributed by atoms with Crippen LogP contribution in [0.5, 0.6) is 17.2 Å². The van der Waals surface area contributed by atoms with Crippen LogP contribution in [0.4, 0.5) is 4.79 Å². The molecular formula is C21H19NO7S. The summed E-state index contributed by atoms with van der Waals surface area (Å²) in [4.78, 5) is 37.5. The molecule has 0 bridgehead atoms. The third kappa shape index (κ3) is 4.25. The Balaban J connectivity index is 1.85. The minimum absolute atomic E-state index is 0.0527. The number of amides is 2. The summed E-state index contributed by atoms with van der Waals surface area (Å²) in [6, 6.07) is 9.38. The van der Waals surface area contributed by atoms with Gasteiger partial charge in [-0.3, -0.25) is 14.5 Å². The van der Waals surface area contributed by atoms with E-state index in [1.165, 1.54) is 33.5 Å². The van der Waals surface area contributed by atoms with Gasteiger partial charge in [-0.05, 0) is 53.2 Å². The van der Waals surface area contributed by atoms with E-state index >= 15 is 0 Å². The van der Waals surface area contributed by atoms with Crippen molar-refractivity contribution in [3.63, 3.8) is 0 Å². The highest BCUT2D eigenvalue weighted by Gasteiger charge is 2.35. The standard InChI is InChI=1S/C21H19NO7S/c1-27-15-8-13(9-16(28-2)18(15)29-3)10-17-19(23)22(21(26)30-17)11-12-4-6-14(7-5-12)20(24)25/h4-10H,11H2,1-3H3,(H,24,25)/b17-10-. The van der Waals surface area contributed by atoms with Gasteiger partial charge in [0.2, 0.25) is 5.75 Å². The Labute approximate surface area is 177 Å². The van der Waals surface area contributed by atoms with Crippen LogP contribution in [-0.2, 0) is 11.3 Å². The van der Waals surface area contributed by atoms with Gasteiger partial charge in [-0.1, -0.05) is 12.1 Å². The average molecular weight is 429 g/mol.